The van der Waals surface area contributed by atoms with Gasteiger partial charge >= 0.3 is 0 Å². The average Bonchev–Trinajstić information content (AvgIpc) is 3.11. The molecule has 136 valence electrons. The van der Waals surface area contributed by atoms with E-state index in [4.69, 9.17) is 14.6 Å². The zero-order valence-electron chi connectivity index (χ0n) is 14.9. The van der Waals surface area contributed by atoms with Gasteiger partial charge in [0.1, 0.15) is 5.75 Å². The van der Waals surface area contributed by atoms with E-state index in [0.29, 0.717) is 0 Å². The number of para-hydroxylation sites is 2. The molecule has 2 aliphatic rings. The van der Waals surface area contributed by atoms with Crippen LogP contribution in [0.5, 0.6) is 17.2 Å². The standard InChI is InChI=1S/C20H22N2O3S/c1-24-18-9-5-7-14-16-12-15(13-6-3-4-8-17(13)23)21-22(16)19(10-11-26-2)25-20(14)18/h3-9,16,19,23H,10-12H2,1-2H3/t16-,19+/m0/s1. The van der Waals surface area contributed by atoms with Gasteiger partial charge in [-0.15, -0.1) is 0 Å². The molecule has 2 heterocycles. The van der Waals surface area contributed by atoms with Crippen LogP contribution in [0.4, 0.5) is 0 Å². The minimum absolute atomic E-state index is 0.0929. The second-order valence-corrected chi connectivity index (χ2v) is 7.38. The highest BCUT2D eigenvalue weighted by atomic mass is 32.2. The molecular weight excluding hydrogens is 348 g/mol. The Balaban J connectivity index is 1.74. The number of nitrogens with zero attached hydrogens (tertiary/aromatic N) is 2. The fourth-order valence-corrected chi connectivity index (χ4v) is 4.04. The van der Waals surface area contributed by atoms with Crippen molar-refractivity contribution in [2.75, 3.05) is 19.1 Å². The summed E-state index contributed by atoms with van der Waals surface area (Å²) < 4.78 is 11.8. The van der Waals surface area contributed by atoms with Crippen LogP contribution in [0.15, 0.2) is 47.6 Å². The number of fused-ring (bicyclic) bond motifs is 3. The maximum atomic E-state index is 10.2. The molecule has 2 atom stereocenters. The topological polar surface area (TPSA) is 54.3 Å². The molecular formula is C20H22N2O3S. The molecule has 0 radical (unpaired) electrons. The molecule has 5 nitrogen and oxygen atoms in total. The Kier molecular flexibility index (Phi) is 4.68. The lowest BCUT2D eigenvalue weighted by Crippen LogP contribution is -2.40. The molecule has 2 aliphatic heterocycles. The molecule has 1 N–H and O–H groups in total. The molecule has 0 aliphatic carbocycles. The van der Waals surface area contributed by atoms with Gasteiger partial charge in [0.2, 0.25) is 0 Å². The molecule has 0 bridgehead atoms. The molecule has 0 aromatic heterocycles. The first-order valence-corrected chi connectivity index (χ1v) is 10.1. The van der Waals surface area contributed by atoms with Crippen molar-refractivity contribution in [1.29, 1.82) is 0 Å². The number of phenols is 1. The van der Waals surface area contributed by atoms with Gasteiger partial charge in [-0.3, -0.25) is 5.01 Å². The smallest absolute Gasteiger partial charge is 0.188 e. The molecule has 26 heavy (non-hydrogen) atoms. The van der Waals surface area contributed by atoms with Gasteiger partial charge in [-0.05, 0) is 30.2 Å². The van der Waals surface area contributed by atoms with Crippen LogP contribution in [-0.4, -0.2) is 41.2 Å². The van der Waals surface area contributed by atoms with Gasteiger partial charge in [-0.25, -0.2) is 0 Å². The largest absolute Gasteiger partial charge is 0.507 e. The summed E-state index contributed by atoms with van der Waals surface area (Å²) in [5.41, 5.74) is 2.76. The Labute approximate surface area is 157 Å². The van der Waals surface area contributed by atoms with Crippen molar-refractivity contribution in [3.63, 3.8) is 0 Å². The first-order chi connectivity index (χ1) is 12.7. The van der Waals surface area contributed by atoms with E-state index < -0.39 is 0 Å². The van der Waals surface area contributed by atoms with E-state index in [2.05, 4.69) is 17.3 Å². The molecule has 6 heteroatoms. The van der Waals surface area contributed by atoms with Crippen LogP contribution in [0.3, 0.4) is 0 Å². The predicted octanol–water partition coefficient (Wildman–Crippen LogP) is 4.02. The van der Waals surface area contributed by atoms with E-state index in [-0.39, 0.29) is 18.0 Å². The second-order valence-electron chi connectivity index (χ2n) is 6.40. The molecule has 0 saturated heterocycles. The summed E-state index contributed by atoms with van der Waals surface area (Å²) in [4.78, 5) is 0. The van der Waals surface area contributed by atoms with Crippen molar-refractivity contribution in [2.24, 2.45) is 5.10 Å². The Bertz CT molecular complexity index is 840. The molecule has 2 aromatic rings. The molecule has 0 saturated carbocycles. The third-order valence-corrected chi connectivity index (χ3v) is 5.51. The number of aromatic hydroxyl groups is 1. The first-order valence-electron chi connectivity index (χ1n) is 8.69. The molecule has 0 fully saturated rings. The fraction of sp³-hybridized carbons (Fsp3) is 0.350. The highest BCUT2D eigenvalue weighted by Crippen LogP contribution is 2.47. The Hall–Kier alpha value is -2.34. The van der Waals surface area contributed by atoms with Crippen molar-refractivity contribution in [3.05, 3.63) is 53.6 Å². The molecule has 0 amide bonds. The lowest BCUT2D eigenvalue weighted by atomic mass is 9.95. The zero-order valence-corrected chi connectivity index (χ0v) is 15.7. The number of phenolic OH excluding ortho intramolecular Hbond substituents is 1. The quantitative estimate of drug-likeness (QED) is 0.861. The lowest BCUT2D eigenvalue weighted by molar-refractivity contribution is -0.0198. The number of thioether (sulfide) groups is 1. The minimum Gasteiger partial charge on any atom is -0.507 e. The van der Waals surface area contributed by atoms with Crippen LogP contribution in [0, 0.1) is 0 Å². The van der Waals surface area contributed by atoms with Crippen LogP contribution in [0.1, 0.15) is 30.0 Å². The third kappa shape index (κ3) is 2.88. The molecule has 0 spiro atoms. The molecule has 2 aromatic carbocycles. The monoisotopic (exact) mass is 370 g/mol. The van der Waals surface area contributed by atoms with Crippen LogP contribution in [0.25, 0.3) is 0 Å². The minimum atomic E-state index is -0.139. The summed E-state index contributed by atoms with van der Waals surface area (Å²) in [5, 5.41) is 17.1. The van der Waals surface area contributed by atoms with Gasteiger partial charge in [0.05, 0.1) is 18.9 Å². The van der Waals surface area contributed by atoms with E-state index in [1.807, 2.05) is 30.3 Å². The second kappa shape index (κ2) is 7.11. The fourth-order valence-electron chi connectivity index (χ4n) is 3.61. The number of hydrazone groups is 1. The number of methoxy groups -OCH3 is 1. The summed E-state index contributed by atoms with van der Waals surface area (Å²) in [6.45, 7) is 0. The summed E-state index contributed by atoms with van der Waals surface area (Å²) in [7, 11) is 1.67. The van der Waals surface area contributed by atoms with Crippen LogP contribution in [0.2, 0.25) is 0 Å². The zero-order chi connectivity index (χ0) is 18.1. The van der Waals surface area contributed by atoms with Gasteiger partial charge in [0, 0.05) is 24.0 Å². The third-order valence-electron chi connectivity index (χ3n) is 4.86. The number of rotatable bonds is 5. The summed E-state index contributed by atoms with van der Waals surface area (Å²) in [6, 6.07) is 13.4. The Morgan fingerprint density at radius 3 is 2.88 bits per heavy atom. The van der Waals surface area contributed by atoms with Gasteiger partial charge in [-0.2, -0.15) is 16.9 Å². The Morgan fingerprint density at radius 2 is 2.12 bits per heavy atom. The summed E-state index contributed by atoms with van der Waals surface area (Å²) in [6.07, 6.45) is 3.55. The van der Waals surface area contributed by atoms with E-state index in [0.717, 1.165) is 46.9 Å². The van der Waals surface area contributed by atoms with Crippen LogP contribution >= 0.6 is 11.8 Å². The summed E-state index contributed by atoms with van der Waals surface area (Å²) >= 11 is 1.79. The molecule has 0 unspecified atom stereocenters. The number of ether oxygens (including phenoxy) is 2. The van der Waals surface area contributed by atoms with Gasteiger partial charge < -0.3 is 14.6 Å². The van der Waals surface area contributed by atoms with Gasteiger partial charge in [0.25, 0.3) is 0 Å². The van der Waals surface area contributed by atoms with Crippen LogP contribution < -0.4 is 9.47 Å². The maximum absolute atomic E-state index is 10.2. The number of benzene rings is 2. The van der Waals surface area contributed by atoms with Crippen molar-refractivity contribution in [3.8, 4) is 17.2 Å². The SMILES string of the molecule is COc1cccc2c1O[C@H](CCSC)N1N=C(c3ccccc3O)C[C@@H]21. The van der Waals surface area contributed by atoms with E-state index in [1.165, 1.54) is 0 Å². The normalized spacial score (nSPS) is 20.8. The van der Waals surface area contributed by atoms with Crippen molar-refractivity contribution in [2.45, 2.75) is 25.1 Å². The van der Waals surface area contributed by atoms with Crippen molar-refractivity contribution >= 4 is 17.5 Å². The van der Waals surface area contributed by atoms with E-state index >= 15 is 0 Å². The first kappa shape index (κ1) is 17.1. The highest BCUT2D eigenvalue weighted by Gasteiger charge is 2.41. The van der Waals surface area contributed by atoms with E-state index in [1.54, 1.807) is 24.9 Å². The van der Waals surface area contributed by atoms with Crippen molar-refractivity contribution < 1.29 is 14.6 Å². The lowest BCUT2D eigenvalue weighted by Gasteiger charge is -2.38. The Morgan fingerprint density at radius 1 is 1.27 bits per heavy atom. The average molecular weight is 370 g/mol. The highest BCUT2D eigenvalue weighted by molar-refractivity contribution is 7.98. The molecule has 4 rings (SSSR count). The number of hydrogen-bond donors (Lipinski definition) is 1. The van der Waals surface area contributed by atoms with Crippen LogP contribution in [-0.2, 0) is 0 Å². The number of hydrogen-bond acceptors (Lipinski definition) is 6. The maximum Gasteiger partial charge on any atom is 0.188 e. The van der Waals surface area contributed by atoms with Gasteiger partial charge in [0.15, 0.2) is 17.7 Å². The predicted molar refractivity (Wildman–Crippen MR) is 104 cm³/mol. The van der Waals surface area contributed by atoms with Crippen molar-refractivity contribution in [1.82, 2.24) is 5.01 Å². The van der Waals surface area contributed by atoms with E-state index in [9.17, 15) is 5.11 Å². The summed E-state index contributed by atoms with van der Waals surface area (Å²) in [5.74, 6) is 2.82. The van der Waals surface area contributed by atoms with Gasteiger partial charge in [-0.1, -0.05) is 24.3 Å².